The number of rotatable bonds is 6. The minimum atomic E-state index is -0.0608. The van der Waals surface area contributed by atoms with E-state index in [1.165, 1.54) is 5.56 Å². The third-order valence-corrected chi connectivity index (χ3v) is 4.77. The fraction of sp³-hybridized carbons (Fsp3) is 0.227. The van der Waals surface area contributed by atoms with Gasteiger partial charge in [-0.2, -0.15) is 0 Å². The first-order chi connectivity index (χ1) is 13.6. The Balaban J connectivity index is 1.44. The van der Waals surface area contributed by atoms with E-state index in [4.69, 9.17) is 4.42 Å². The molecule has 2 aromatic carbocycles. The minimum Gasteiger partial charge on any atom is -0.419 e. The van der Waals surface area contributed by atoms with Crippen LogP contribution < -0.4 is 5.32 Å². The van der Waals surface area contributed by atoms with Gasteiger partial charge in [-0.15, -0.1) is 10.2 Å². The first-order valence-electron chi connectivity index (χ1n) is 9.35. The van der Waals surface area contributed by atoms with Crippen LogP contribution in [0.1, 0.15) is 42.9 Å². The van der Waals surface area contributed by atoms with Gasteiger partial charge in [-0.05, 0) is 50.6 Å². The Hall–Kier alpha value is -3.25. The maximum atomic E-state index is 5.90. The van der Waals surface area contributed by atoms with Gasteiger partial charge in [0, 0.05) is 29.7 Å². The molecule has 0 saturated carbocycles. The van der Waals surface area contributed by atoms with Crippen LogP contribution in [0.2, 0.25) is 0 Å². The van der Waals surface area contributed by atoms with Crippen molar-refractivity contribution >= 4 is 0 Å². The number of hydrogen-bond donors (Lipinski definition) is 1. The van der Waals surface area contributed by atoms with E-state index in [2.05, 4.69) is 51.7 Å². The van der Waals surface area contributed by atoms with Gasteiger partial charge in [-0.1, -0.05) is 29.8 Å². The number of nitrogens with zero attached hydrogens (tertiary/aromatic N) is 4. The molecule has 142 valence electrons. The third-order valence-electron chi connectivity index (χ3n) is 4.77. The number of nitrogens with one attached hydrogen (secondary N) is 1. The first kappa shape index (κ1) is 18.1. The Morgan fingerprint density at radius 3 is 2.54 bits per heavy atom. The van der Waals surface area contributed by atoms with Crippen LogP contribution in [0, 0.1) is 6.92 Å². The summed E-state index contributed by atoms with van der Waals surface area (Å²) >= 11 is 0. The van der Waals surface area contributed by atoms with Crippen molar-refractivity contribution in [1.82, 2.24) is 25.1 Å². The molecule has 0 aliphatic carbocycles. The lowest BCUT2D eigenvalue weighted by molar-refractivity contribution is 0.395. The van der Waals surface area contributed by atoms with Gasteiger partial charge in [0.05, 0.1) is 12.4 Å². The summed E-state index contributed by atoms with van der Waals surface area (Å²) in [4.78, 5) is 4.08. The Kier molecular flexibility index (Phi) is 5.04. The van der Waals surface area contributed by atoms with Gasteiger partial charge in [0.15, 0.2) is 0 Å². The van der Waals surface area contributed by atoms with E-state index >= 15 is 0 Å². The van der Waals surface area contributed by atoms with Gasteiger partial charge in [-0.3, -0.25) is 5.32 Å². The fourth-order valence-electron chi connectivity index (χ4n) is 3.19. The summed E-state index contributed by atoms with van der Waals surface area (Å²) in [5, 5.41) is 12.0. The summed E-state index contributed by atoms with van der Waals surface area (Å²) in [6.07, 6.45) is 5.50. The topological polar surface area (TPSA) is 68.8 Å². The van der Waals surface area contributed by atoms with Crippen LogP contribution >= 0.6 is 0 Å². The second kappa shape index (κ2) is 7.78. The molecular formula is C22H23N5O. The highest BCUT2D eigenvalue weighted by molar-refractivity contribution is 5.53. The van der Waals surface area contributed by atoms with Gasteiger partial charge >= 0.3 is 0 Å². The highest BCUT2D eigenvalue weighted by atomic mass is 16.4. The zero-order valence-electron chi connectivity index (χ0n) is 16.2. The number of benzene rings is 2. The number of aromatic nitrogens is 4. The van der Waals surface area contributed by atoms with E-state index in [0.29, 0.717) is 11.8 Å². The summed E-state index contributed by atoms with van der Waals surface area (Å²) in [6.45, 7) is 6.20. The summed E-state index contributed by atoms with van der Waals surface area (Å²) in [6, 6.07) is 16.5. The largest absolute Gasteiger partial charge is 0.419 e. The summed E-state index contributed by atoms with van der Waals surface area (Å²) in [5.74, 6) is 1.13. The average Bonchev–Trinajstić information content (AvgIpc) is 3.40. The zero-order valence-corrected chi connectivity index (χ0v) is 16.2. The van der Waals surface area contributed by atoms with Crippen LogP contribution in [0.25, 0.3) is 17.1 Å². The molecule has 6 nitrogen and oxygen atoms in total. The quantitative estimate of drug-likeness (QED) is 0.533. The van der Waals surface area contributed by atoms with Crippen LogP contribution in [0.15, 0.2) is 71.7 Å². The molecule has 0 fully saturated rings. The molecule has 0 aliphatic rings. The van der Waals surface area contributed by atoms with Crippen molar-refractivity contribution in [1.29, 1.82) is 0 Å². The van der Waals surface area contributed by atoms with Crippen molar-refractivity contribution in [2.75, 3.05) is 0 Å². The molecule has 6 heteroatoms. The fourth-order valence-corrected chi connectivity index (χ4v) is 3.19. The predicted molar refractivity (Wildman–Crippen MR) is 108 cm³/mol. The van der Waals surface area contributed by atoms with Gasteiger partial charge in [0.2, 0.25) is 11.8 Å². The normalized spacial score (nSPS) is 13.4. The molecule has 2 heterocycles. The molecule has 2 aromatic heterocycles. The van der Waals surface area contributed by atoms with Gasteiger partial charge < -0.3 is 8.98 Å². The smallest absolute Gasteiger partial charge is 0.247 e. The molecule has 0 bridgehead atoms. The molecule has 28 heavy (non-hydrogen) atoms. The van der Waals surface area contributed by atoms with E-state index in [-0.39, 0.29) is 12.1 Å². The van der Waals surface area contributed by atoms with Crippen molar-refractivity contribution in [3.8, 4) is 17.1 Å². The standard InChI is InChI=1S/C22H23N5O/c1-15-5-4-6-19(13-15)22-26-25-21(28-22)17(3)24-16(2)18-7-9-20(10-8-18)27-12-11-23-14-27/h4-14,16-17,24H,1-3H3/t16-,17+/m0/s1. The lowest BCUT2D eigenvalue weighted by Gasteiger charge is -2.18. The molecule has 2 atom stereocenters. The number of hydrogen-bond acceptors (Lipinski definition) is 5. The molecule has 0 spiro atoms. The second-order valence-electron chi connectivity index (χ2n) is 6.99. The van der Waals surface area contributed by atoms with Crippen molar-refractivity contribution in [3.05, 3.63) is 84.3 Å². The van der Waals surface area contributed by atoms with Crippen LogP contribution in [0.4, 0.5) is 0 Å². The van der Waals surface area contributed by atoms with Gasteiger partial charge in [0.25, 0.3) is 0 Å². The zero-order chi connectivity index (χ0) is 19.5. The van der Waals surface area contributed by atoms with E-state index < -0.39 is 0 Å². The SMILES string of the molecule is Cc1cccc(-c2nnc([C@@H](C)N[C@@H](C)c3ccc(-n4ccnc4)cc3)o2)c1. The molecule has 0 aliphatic heterocycles. The second-order valence-corrected chi connectivity index (χ2v) is 6.99. The summed E-state index contributed by atoms with van der Waals surface area (Å²) < 4.78 is 7.88. The molecular weight excluding hydrogens is 350 g/mol. The lowest BCUT2D eigenvalue weighted by Crippen LogP contribution is -2.22. The van der Waals surface area contributed by atoms with E-state index in [0.717, 1.165) is 16.8 Å². The first-order valence-corrected chi connectivity index (χ1v) is 9.35. The van der Waals surface area contributed by atoms with E-state index in [1.54, 1.807) is 12.5 Å². The van der Waals surface area contributed by atoms with Gasteiger partial charge in [-0.25, -0.2) is 4.98 Å². The molecule has 0 saturated heterocycles. The van der Waals surface area contributed by atoms with E-state index in [9.17, 15) is 0 Å². The maximum absolute atomic E-state index is 5.90. The van der Waals surface area contributed by atoms with Crippen LogP contribution in [-0.2, 0) is 0 Å². The number of imidazole rings is 1. The maximum Gasteiger partial charge on any atom is 0.247 e. The van der Waals surface area contributed by atoms with Crippen LogP contribution in [0.5, 0.6) is 0 Å². The molecule has 0 unspecified atom stereocenters. The monoisotopic (exact) mass is 373 g/mol. The van der Waals surface area contributed by atoms with Crippen molar-refractivity contribution in [3.63, 3.8) is 0 Å². The Morgan fingerprint density at radius 1 is 1.00 bits per heavy atom. The molecule has 4 aromatic rings. The van der Waals surface area contributed by atoms with Crippen molar-refractivity contribution in [2.45, 2.75) is 32.9 Å². The minimum absolute atomic E-state index is 0.0608. The average molecular weight is 373 g/mol. The number of aryl methyl sites for hydroxylation is 1. The summed E-state index contributed by atoms with van der Waals surface area (Å²) in [7, 11) is 0. The molecule has 1 N–H and O–H groups in total. The predicted octanol–water partition coefficient (Wildman–Crippen LogP) is 4.64. The van der Waals surface area contributed by atoms with Crippen LogP contribution in [-0.4, -0.2) is 19.7 Å². The van der Waals surface area contributed by atoms with Crippen molar-refractivity contribution < 1.29 is 4.42 Å². The molecule has 0 radical (unpaired) electrons. The Bertz CT molecular complexity index is 1040. The van der Waals surface area contributed by atoms with Gasteiger partial charge in [0.1, 0.15) is 0 Å². The van der Waals surface area contributed by atoms with E-state index in [1.807, 2.05) is 48.9 Å². The van der Waals surface area contributed by atoms with Crippen LogP contribution in [0.3, 0.4) is 0 Å². The van der Waals surface area contributed by atoms with Crippen molar-refractivity contribution in [2.24, 2.45) is 0 Å². The molecule has 4 rings (SSSR count). The Labute approximate surface area is 164 Å². The summed E-state index contributed by atoms with van der Waals surface area (Å²) in [5.41, 5.74) is 4.38. The lowest BCUT2D eigenvalue weighted by atomic mass is 10.1. The third kappa shape index (κ3) is 3.87. The Morgan fingerprint density at radius 2 is 1.82 bits per heavy atom. The highest BCUT2D eigenvalue weighted by Crippen LogP contribution is 2.24. The highest BCUT2D eigenvalue weighted by Gasteiger charge is 2.18. The molecule has 0 amide bonds.